The highest BCUT2D eigenvalue weighted by atomic mass is 19.1. The first-order chi connectivity index (χ1) is 6.50. The average molecular weight is 200 g/mol. The smallest absolute Gasteiger partial charge is 0.389 e. The molecule has 0 aromatic carbocycles. The maximum Gasteiger partial charge on any atom is 0.389 e. The van der Waals surface area contributed by atoms with E-state index in [1.165, 1.54) is 6.92 Å². The van der Waals surface area contributed by atoms with Gasteiger partial charge >= 0.3 is 11.9 Å². The number of carbonyl (C=O) groups is 1. The second-order valence-electron chi connectivity index (χ2n) is 2.97. The fourth-order valence-electron chi connectivity index (χ4n) is 0.930. The summed E-state index contributed by atoms with van der Waals surface area (Å²) in [4.78, 5) is 14.1. The van der Waals surface area contributed by atoms with E-state index in [0.717, 1.165) is 12.4 Å². The number of hydrogen-bond donors (Lipinski definition) is 1. The third kappa shape index (κ3) is 2.38. The van der Waals surface area contributed by atoms with E-state index in [1.54, 1.807) is 0 Å². The predicted octanol–water partition coefficient (Wildman–Crippen LogP) is 0.117. The van der Waals surface area contributed by atoms with Crippen LogP contribution in [0, 0.1) is 17.1 Å². The van der Waals surface area contributed by atoms with Crippen LogP contribution >= 0.6 is 0 Å². The highest BCUT2D eigenvalue weighted by Gasteiger charge is 2.15. The van der Waals surface area contributed by atoms with Crippen LogP contribution in [-0.4, -0.2) is 16.1 Å². The number of carboxylic acids is 1. The number of hydrogen-bond acceptors (Lipinski definition) is 3. The molecule has 76 valence electrons. The maximum atomic E-state index is 12.5. The molecule has 0 bridgehead atoms. The zero-order chi connectivity index (χ0) is 10.7. The predicted molar refractivity (Wildman–Crippen MR) is 43.7 cm³/mol. The molecule has 0 saturated carbocycles. The summed E-state index contributed by atoms with van der Waals surface area (Å²) in [7, 11) is 0. The molecule has 14 heavy (non-hydrogen) atoms. The summed E-state index contributed by atoms with van der Waals surface area (Å²) in [5.74, 6) is -2.63. The van der Waals surface area contributed by atoms with E-state index in [9.17, 15) is 14.4 Å². The van der Waals surface area contributed by atoms with Gasteiger partial charge in [-0.2, -0.15) is 0 Å². The molecular weight excluding hydrogens is 191 g/mol. The Kier molecular flexibility index (Phi) is 2.95. The molecule has 0 aliphatic rings. The molecule has 1 aromatic rings. The molecule has 0 radical (unpaired) electrons. The van der Waals surface area contributed by atoms with Gasteiger partial charge in [0.05, 0.1) is 5.92 Å². The van der Waals surface area contributed by atoms with Crippen molar-refractivity contribution in [1.29, 1.82) is 0 Å². The van der Waals surface area contributed by atoms with Gasteiger partial charge < -0.3 is 10.3 Å². The van der Waals surface area contributed by atoms with Gasteiger partial charge in [-0.15, -0.1) is 9.12 Å². The van der Waals surface area contributed by atoms with Crippen LogP contribution in [0.25, 0.3) is 0 Å². The van der Waals surface area contributed by atoms with Crippen molar-refractivity contribution in [2.24, 2.45) is 5.92 Å². The van der Waals surface area contributed by atoms with Crippen LogP contribution < -0.4 is 4.73 Å². The van der Waals surface area contributed by atoms with E-state index in [4.69, 9.17) is 5.11 Å². The van der Waals surface area contributed by atoms with Crippen LogP contribution in [-0.2, 0) is 11.2 Å². The lowest BCUT2D eigenvalue weighted by molar-refractivity contribution is -0.638. The Morgan fingerprint density at radius 3 is 3.00 bits per heavy atom. The molecule has 1 unspecified atom stereocenters. The number of halogens is 1. The zero-order valence-electron chi connectivity index (χ0n) is 7.48. The number of aliphatic carboxylic acids is 1. The molecule has 0 aliphatic carbocycles. The maximum absolute atomic E-state index is 12.5. The highest BCUT2D eigenvalue weighted by Crippen LogP contribution is 2.04. The second-order valence-corrected chi connectivity index (χ2v) is 2.97. The van der Waals surface area contributed by atoms with Gasteiger partial charge in [0.2, 0.25) is 6.20 Å². The molecule has 1 rings (SSSR count). The Labute approximate surface area is 79.4 Å². The van der Waals surface area contributed by atoms with Crippen molar-refractivity contribution < 1.29 is 19.0 Å². The van der Waals surface area contributed by atoms with Crippen molar-refractivity contribution >= 4 is 5.97 Å². The third-order valence-corrected chi connectivity index (χ3v) is 1.75. The fourth-order valence-corrected chi connectivity index (χ4v) is 0.930. The molecule has 0 fully saturated rings. The van der Waals surface area contributed by atoms with Crippen molar-refractivity contribution in [3.8, 4) is 0 Å². The largest absolute Gasteiger partial charge is 0.617 e. The molecule has 1 aromatic heterocycles. The summed E-state index contributed by atoms with van der Waals surface area (Å²) >= 11 is 0. The van der Waals surface area contributed by atoms with Crippen molar-refractivity contribution in [3.63, 3.8) is 0 Å². The summed E-state index contributed by atoms with van der Waals surface area (Å²) in [6.45, 7) is 1.49. The average Bonchev–Trinajstić information content (AvgIpc) is 2.11. The topological polar surface area (TPSA) is 77.1 Å². The molecule has 1 atom stereocenters. The lowest BCUT2D eigenvalue weighted by atomic mass is 10.1. The lowest BCUT2D eigenvalue weighted by Gasteiger charge is -2.04. The minimum atomic E-state index is -1.00. The number of rotatable bonds is 3. The summed E-state index contributed by atoms with van der Waals surface area (Å²) in [6.07, 6.45) is 1.82. The zero-order valence-corrected chi connectivity index (χ0v) is 7.48. The van der Waals surface area contributed by atoms with E-state index in [1.807, 2.05) is 0 Å². The van der Waals surface area contributed by atoms with Gasteiger partial charge in [-0.05, 0) is 0 Å². The Bertz CT molecular complexity index is 356. The Hall–Kier alpha value is -1.72. The third-order valence-electron chi connectivity index (χ3n) is 1.75. The number of carboxylic acid groups (broad SMARTS) is 1. The minimum Gasteiger partial charge on any atom is -0.617 e. The second kappa shape index (κ2) is 3.99. The molecule has 0 saturated heterocycles. The molecule has 0 spiro atoms. The van der Waals surface area contributed by atoms with E-state index >= 15 is 0 Å². The monoisotopic (exact) mass is 200 g/mol. The summed E-state index contributed by atoms with van der Waals surface area (Å²) in [5, 5.41) is 19.3. The minimum absolute atomic E-state index is 0.0247. The van der Waals surface area contributed by atoms with Gasteiger partial charge in [0.15, 0.2) is 0 Å². The van der Waals surface area contributed by atoms with Crippen LogP contribution in [0.4, 0.5) is 4.39 Å². The van der Waals surface area contributed by atoms with Gasteiger partial charge in [-0.1, -0.05) is 6.92 Å². The summed E-state index contributed by atoms with van der Waals surface area (Å²) < 4.78 is 12.5. The summed E-state index contributed by atoms with van der Waals surface area (Å²) in [5.41, 5.74) is 0.260. The molecule has 1 N–H and O–H groups in total. The van der Waals surface area contributed by atoms with Gasteiger partial charge in [-0.3, -0.25) is 4.79 Å². The SMILES string of the molecule is CC(Cc1c[n+]([O-])c(F)cn1)C(=O)O. The van der Waals surface area contributed by atoms with Crippen LogP contribution in [0.2, 0.25) is 0 Å². The first-order valence-electron chi connectivity index (χ1n) is 3.97. The van der Waals surface area contributed by atoms with Gasteiger partial charge in [0.1, 0.15) is 11.9 Å². The molecule has 5 nitrogen and oxygen atoms in total. The first kappa shape index (κ1) is 10.4. The molecule has 1 heterocycles. The molecule has 0 aliphatic heterocycles. The van der Waals surface area contributed by atoms with Crippen molar-refractivity contribution in [3.05, 3.63) is 29.2 Å². The van der Waals surface area contributed by atoms with Gasteiger partial charge in [-0.25, -0.2) is 4.98 Å². The van der Waals surface area contributed by atoms with Gasteiger partial charge in [0, 0.05) is 6.42 Å². The van der Waals surface area contributed by atoms with Crippen molar-refractivity contribution in [1.82, 2.24) is 4.98 Å². The first-order valence-corrected chi connectivity index (χ1v) is 3.97. The fraction of sp³-hybridized carbons (Fsp3) is 0.375. The van der Waals surface area contributed by atoms with Gasteiger partial charge in [0.25, 0.3) is 0 Å². The van der Waals surface area contributed by atoms with Crippen LogP contribution in [0.15, 0.2) is 12.4 Å². The Morgan fingerprint density at radius 2 is 2.50 bits per heavy atom. The van der Waals surface area contributed by atoms with E-state index < -0.39 is 17.8 Å². The van der Waals surface area contributed by atoms with Crippen molar-refractivity contribution in [2.75, 3.05) is 0 Å². The van der Waals surface area contributed by atoms with Crippen molar-refractivity contribution in [2.45, 2.75) is 13.3 Å². The number of nitrogens with zero attached hydrogens (tertiary/aromatic N) is 2. The van der Waals surface area contributed by atoms with E-state index in [0.29, 0.717) is 0 Å². The standard InChI is InChI=1S/C8H9FN2O3/c1-5(8(12)13)2-6-4-11(14)7(9)3-10-6/h3-5H,2H2,1H3,(H,12,13). The van der Waals surface area contributed by atoms with Crippen LogP contribution in [0.5, 0.6) is 0 Å². The van der Waals surface area contributed by atoms with E-state index in [2.05, 4.69) is 4.98 Å². The lowest BCUT2D eigenvalue weighted by Crippen LogP contribution is -2.32. The Morgan fingerprint density at radius 1 is 1.86 bits per heavy atom. The highest BCUT2D eigenvalue weighted by molar-refractivity contribution is 5.69. The van der Waals surface area contributed by atoms with Crippen LogP contribution in [0.3, 0.4) is 0 Å². The molecular formula is C8H9FN2O3. The summed E-state index contributed by atoms with van der Waals surface area (Å²) in [6, 6.07) is 0. The molecule has 6 heteroatoms. The van der Waals surface area contributed by atoms with Crippen LogP contribution in [0.1, 0.15) is 12.6 Å². The number of aromatic nitrogens is 2. The normalized spacial score (nSPS) is 12.4. The Balaban J connectivity index is 2.78. The molecule has 0 amide bonds. The van der Waals surface area contributed by atoms with E-state index in [-0.39, 0.29) is 16.8 Å². The quantitative estimate of drug-likeness (QED) is 0.555.